The van der Waals surface area contributed by atoms with E-state index in [0.717, 1.165) is 5.56 Å². The summed E-state index contributed by atoms with van der Waals surface area (Å²) < 4.78 is 15.0. The molecule has 1 rings (SSSR count). The first-order valence-electron chi connectivity index (χ1n) is 7.08. The Labute approximate surface area is 130 Å². The van der Waals surface area contributed by atoms with Crippen molar-refractivity contribution in [3.8, 4) is 5.75 Å². The summed E-state index contributed by atoms with van der Waals surface area (Å²) in [5.74, 6) is 0.0460. The van der Waals surface area contributed by atoms with Crippen molar-refractivity contribution < 1.29 is 23.8 Å². The van der Waals surface area contributed by atoms with Gasteiger partial charge < -0.3 is 19.5 Å². The summed E-state index contributed by atoms with van der Waals surface area (Å²) in [5.41, 5.74) is 0.797. The third kappa shape index (κ3) is 6.13. The third-order valence-corrected chi connectivity index (χ3v) is 2.87. The molecule has 0 aliphatic rings. The fourth-order valence-corrected chi connectivity index (χ4v) is 1.93. The van der Waals surface area contributed by atoms with Crippen molar-refractivity contribution >= 4 is 11.9 Å². The van der Waals surface area contributed by atoms with Crippen LogP contribution >= 0.6 is 0 Å². The molecule has 0 saturated heterocycles. The van der Waals surface area contributed by atoms with Gasteiger partial charge in [-0.15, -0.1) is 0 Å². The lowest BCUT2D eigenvalue weighted by molar-refractivity contribution is -0.148. The van der Waals surface area contributed by atoms with Crippen LogP contribution in [0, 0.1) is 0 Å². The summed E-state index contributed by atoms with van der Waals surface area (Å²) >= 11 is 0. The highest BCUT2D eigenvalue weighted by Gasteiger charge is 2.20. The maximum atomic E-state index is 11.9. The lowest BCUT2D eigenvalue weighted by atomic mass is 10.0. The zero-order valence-corrected chi connectivity index (χ0v) is 13.4. The number of carbonyl (C=O) groups excluding carboxylic acids is 2. The molecule has 1 atom stereocenters. The first-order valence-corrected chi connectivity index (χ1v) is 7.08. The average molecular weight is 309 g/mol. The first kappa shape index (κ1) is 18.0. The minimum absolute atomic E-state index is 0.0555. The largest absolute Gasteiger partial charge is 0.497 e. The molecule has 6 heteroatoms. The Morgan fingerprint density at radius 1 is 1.14 bits per heavy atom. The number of benzene rings is 1. The van der Waals surface area contributed by atoms with Crippen LogP contribution in [0.15, 0.2) is 24.3 Å². The lowest BCUT2D eigenvalue weighted by Crippen LogP contribution is -2.33. The normalized spacial score (nSPS) is 11.9. The smallest absolute Gasteiger partial charge is 0.308 e. The number of amides is 1. The molecule has 0 heterocycles. The number of ether oxygens (including phenoxy) is 3. The van der Waals surface area contributed by atoms with E-state index in [2.05, 4.69) is 5.32 Å². The Bertz CT molecular complexity index is 484. The van der Waals surface area contributed by atoms with E-state index in [0.29, 0.717) is 5.75 Å². The molecule has 6 nitrogen and oxygen atoms in total. The minimum Gasteiger partial charge on any atom is -0.497 e. The molecule has 0 spiro atoms. The van der Waals surface area contributed by atoms with Gasteiger partial charge in [-0.3, -0.25) is 9.59 Å². The van der Waals surface area contributed by atoms with Crippen LogP contribution in [-0.4, -0.2) is 38.8 Å². The Morgan fingerprint density at radius 3 is 2.27 bits per heavy atom. The van der Waals surface area contributed by atoms with Crippen molar-refractivity contribution in [2.45, 2.75) is 32.4 Å². The molecule has 1 aromatic rings. The molecule has 0 aliphatic carbocycles. The number of carbonyl (C=O) groups is 2. The van der Waals surface area contributed by atoms with Crippen molar-refractivity contribution in [1.29, 1.82) is 0 Å². The molecule has 1 N–H and O–H groups in total. The van der Waals surface area contributed by atoms with Crippen molar-refractivity contribution in [3.63, 3.8) is 0 Å². The Kier molecular flexibility index (Phi) is 7.39. The zero-order valence-electron chi connectivity index (χ0n) is 13.4. The van der Waals surface area contributed by atoms with Crippen molar-refractivity contribution in [1.82, 2.24) is 5.32 Å². The van der Waals surface area contributed by atoms with E-state index < -0.39 is 6.04 Å². The summed E-state index contributed by atoms with van der Waals surface area (Å²) in [6.45, 7) is 3.50. The van der Waals surface area contributed by atoms with Gasteiger partial charge in [-0.2, -0.15) is 0 Å². The van der Waals surface area contributed by atoms with Gasteiger partial charge in [0.25, 0.3) is 0 Å². The van der Waals surface area contributed by atoms with E-state index in [-0.39, 0.29) is 31.0 Å². The summed E-state index contributed by atoms with van der Waals surface area (Å²) in [7, 11) is 3.02. The van der Waals surface area contributed by atoms with Gasteiger partial charge in [-0.25, -0.2) is 0 Å². The molecular formula is C16H23NO5. The highest BCUT2D eigenvalue weighted by Crippen LogP contribution is 2.21. The molecule has 122 valence electrons. The van der Waals surface area contributed by atoms with Crippen LogP contribution < -0.4 is 10.1 Å². The van der Waals surface area contributed by atoms with Gasteiger partial charge in [0.1, 0.15) is 12.4 Å². The molecule has 0 unspecified atom stereocenters. The molecule has 1 amide bonds. The highest BCUT2D eigenvalue weighted by atomic mass is 16.5. The van der Waals surface area contributed by atoms with E-state index in [1.54, 1.807) is 45.2 Å². The Morgan fingerprint density at radius 2 is 1.77 bits per heavy atom. The Balaban J connectivity index is 2.84. The van der Waals surface area contributed by atoms with Gasteiger partial charge in [-0.05, 0) is 31.5 Å². The second-order valence-corrected chi connectivity index (χ2v) is 5.07. The van der Waals surface area contributed by atoms with Gasteiger partial charge in [0.2, 0.25) is 5.91 Å². The van der Waals surface area contributed by atoms with Crippen LogP contribution in [0.4, 0.5) is 0 Å². The van der Waals surface area contributed by atoms with Gasteiger partial charge >= 0.3 is 5.97 Å². The van der Waals surface area contributed by atoms with E-state index in [1.165, 1.54) is 7.11 Å². The molecular weight excluding hydrogens is 286 g/mol. The number of methoxy groups -OCH3 is 2. The number of hydrogen-bond acceptors (Lipinski definition) is 5. The molecule has 0 aliphatic heterocycles. The van der Waals surface area contributed by atoms with E-state index in [1.807, 2.05) is 0 Å². The predicted octanol–water partition coefficient (Wildman–Crippen LogP) is 1.84. The van der Waals surface area contributed by atoms with Crippen LogP contribution in [0.1, 0.15) is 31.9 Å². The first-order chi connectivity index (χ1) is 10.5. The van der Waals surface area contributed by atoms with Gasteiger partial charge in [0.15, 0.2) is 0 Å². The SMILES string of the molecule is COCC(=O)N[C@@H](CC(=O)OC(C)C)c1ccc(OC)cc1. The maximum absolute atomic E-state index is 11.9. The summed E-state index contributed by atoms with van der Waals surface area (Å²) in [4.78, 5) is 23.6. The minimum atomic E-state index is -0.472. The van der Waals surface area contributed by atoms with Crippen LogP contribution in [0.5, 0.6) is 5.75 Å². The maximum Gasteiger partial charge on any atom is 0.308 e. The highest BCUT2D eigenvalue weighted by molar-refractivity contribution is 5.79. The summed E-state index contributed by atoms with van der Waals surface area (Å²) in [6, 6.07) is 6.69. The second-order valence-electron chi connectivity index (χ2n) is 5.07. The number of rotatable bonds is 8. The monoisotopic (exact) mass is 309 g/mol. The average Bonchev–Trinajstić information content (AvgIpc) is 2.46. The fraction of sp³-hybridized carbons (Fsp3) is 0.500. The van der Waals surface area contributed by atoms with Crippen molar-refractivity contribution in [3.05, 3.63) is 29.8 Å². The molecule has 22 heavy (non-hydrogen) atoms. The van der Waals surface area contributed by atoms with Gasteiger partial charge in [0.05, 0.1) is 25.7 Å². The molecule has 0 saturated carbocycles. The molecule has 0 aromatic heterocycles. The molecule has 0 fully saturated rings. The van der Waals surface area contributed by atoms with Crippen LogP contribution in [0.3, 0.4) is 0 Å². The van der Waals surface area contributed by atoms with E-state index >= 15 is 0 Å². The van der Waals surface area contributed by atoms with Crippen LogP contribution in [0.2, 0.25) is 0 Å². The van der Waals surface area contributed by atoms with Crippen LogP contribution in [0.25, 0.3) is 0 Å². The number of esters is 1. The predicted molar refractivity (Wildman–Crippen MR) is 81.6 cm³/mol. The van der Waals surface area contributed by atoms with Gasteiger partial charge in [0, 0.05) is 7.11 Å². The summed E-state index contributed by atoms with van der Waals surface area (Å²) in [6.07, 6.45) is -0.140. The molecule has 0 bridgehead atoms. The molecule has 0 radical (unpaired) electrons. The zero-order chi connectivity index (χ0) is 16.5. The van der Waals surface area contributed by atoms with Crippen LogP contribution in [-0.2, 0) is 19.1 Å². The van der Waals surface area contributed by atoms with Gasteiger partial charge in [-0.1, -0.05) is 12.1 Å². The van der Waals surface area contributed by atoms with E-state index in [4.69, 9.17) is 14.2 Å². The quantitative estimate of drug-likeness (QED) is 0.742. The topological polar surface area (TPSA) is 73.9 Å². The number of nitrogens with one attached hydrogen (secondary N) is 1. The fourth-order valence-electron chi connectivity index (χ4n) is 1.93. The number of hydrogen-bond donors (Lipinski definition) is 1. The Hall–Kier alpha value is -2.08. The standard InChI is InChI=1S/C16H23NO5/c1-11(2)22-16(19)9-14(17-15(18)10-20-3)12-5-7-13(21-4)8-6-12/h5-8,11,14H,9-10H2,1-4H3,(H,17,18)/t14-/m0/s1. The molecule has 1 aromatic carbocycles. The second kappa shape index (κ2) is 9.04. The third-order valence-electron chi connectivity index (χ3n) is 2.87. The van der Waals surface area contributed by atoms with Crippen molar-refractivity contribution in [2.24, 2.45) is 0 Å². The van der Waals surface area contributed by atoms with E-state index in [9.17, 15) is 9.59 Å². The summed E-state index contributed by atoms with van der Waals surface area (Å²) in [5, 5.41) is 2.77. The van der Waals surface area contributed by atoms with Crippen molar-refractivity contribution in [2.75, 3.05) is 20.8 Å². The lowest BCUT2D eigenvalue weighted by Gasteiger charge is -2.19.